The van der Waals surface area contributed by atoms with Gasteiger partial charge in [-0.2, -0.15) is 0 Å². The summed E-state index contributed by atoms with van der Waals surface area (Å²) < 4.78 is 1.13. The van der Waals surface area contributed by atoms with Crippen molar-refractivity contribution in [3.63, 3.8) is 0 Å². The Morgan fingerprint density at radius 3 is 2.89 bits per heavy atom. The first-order chi connectivity index (χ1) is 8.99. The quantitative estimate of drug-likeness (QED) is 0.852. The SMILES string of the molecule is Cc1ccnc(N(C)Cc2csc(Br)c2)c1C(N)=S. The van der Waals surface area contributed by atoms with Crippen LogP contribution in [0.4, 0.5) is 5.82 Å². The van der Waals surface area contributed by atoms with Crippen molar-refractivity contribution in [3.05, 3.63) is 44.2 Å². The summed E-state index contributed by atoms with van der Waals surface area (Å²) in [5.41, 5.74) is 8.95. The van der Waals surface area contributed by atoms with Crippen LogP contribution in [0.3, 0.4) is 0 Å². The molecule has 0 saturated carbocycles. The molecule has 0 aliphatic carbocycles. The molecule has 0 unspecified atom stereocenters. The Morgan fingerprint density at radius 2 is 2.32 bits per heavy atom. The lowest BCUT2D eigenvalue weighted by Crippen LogP contribution is -2.23. The maximum absolute atomic E-state index is 5.81. The van der Waals surface area contributed by atoms with Crippen LogP contribution in [-0.2, 0) is 6.54 Å². The fourth-order valence-corrected chi connectivity index (χ4v) is 3.37. The summed E-state index contributed by atoms with van der Waals surface area (Å²) in [6.45, 7) is 2.77. The Bertz CT molecular complexity index is 610. The Hall–Kier alpha value is -0.980. The fraction of sp³-hybridized carbons (Fsp3) is 0.231. The molecule has 100 valence electrons. The number of hydrogen-bond acceptors (Lipinski definition) is 4. The molecule has 2 aromatic heterocycles. The van der Waals surface area contributed by atoms with Crippen LogP contribution in [0.1, 0.15) is 16.7 Å². The highest BCUT2D eigenvalue weighted by Crippen LogP contribution is 2.25. The van der Waals surface area contributed by atoms with Gasteiger partial charge in [0, 0.05) is 19.8 Å². The van der Waals surface area contributed by atoms with E-state index >= 15 is 0 Å². The maximum Gasteiger partial charge on any atom is 0.139 e. The second kappa shape index (κ2) is 5.98. The summed E-state index contributed by atoms with van der Waals surface area (Å²) in [5, 5.41) is 2.12. The van der Waals surface area contributed by atoms with Crippen molar-refractivity contribution in [1.29, 1.82) is 0 Å². The zero-order valence-corrected chi connectivity index (χ0v) is 13.9. The number of thiocarbonyl (C=S) groups is 1. The number of hydrogen-bond donors (Lipinski definition) is 1. The number of nitrogens with zero attached hydrogens (tertiary/aromatic N) is 2. The van der Waals surface area contributed by atoms with Crippen LogP contribution in [0.5, 0.6) is 0 Å². The minimum Gasteiger partial charge on any atom is -0.389 e. The van der Waals surface area contributed by atoms with Crippen molar-refractivity contribution in [2.45, 2.75) is 13.5 Å². The molecule has 2 N–H and O–H groups in total. The van der Waals surface area contributed by atoms with Crippen LogP contribution in [-0.4, -0.2) is 17.0 Å². The van der Waals surface area contributed by atoms with Gasteiger partial charge < -0.3 is 10.6 Å². The lowest BCUT2D eigenvalue weighted by atomic mass is 10.1. The van der Waals surface area contributed by atoms with E-state index in [-0.39, 0.29) is 0 Å². The number of nitrogens with two attached hydrogens (primary N) is 1. The van der Waals surface area contributed by atoms with Gasteiger partial charge in [0.25, 0.3) is 0 Å². The molecule has 2 rings (SSSR count). The fourth-order valence-electron chi connectivity index (χ4n) is 1.92. The lowest BCUT2D eigenvalue weighted by molar-refractivity contribution is 0.898. The molecule has 2 heterocycles. The molecule has 0 fully saturated rings. The van der Waals surface area contributed by atoms with Gasteiger partial charge >= 0.3 is 0 Å². The van der Waals surface area contributed by atoms with E-state index in [0.29, 0.717) is 4.99 Å². The minimum atomic E-state index is 0.388. The standard InChI is InChI=1S/C13H14BrN3S2/c1-8-3-4-16-13(11(8)12(15)18)17(2)6-9-5-10(14)19-7-9/h3-5,7H,6H2,1-2H3,(H2,15,18). The predicted molar refractivity (Wildman–Crippen MR) is 89.0 cm³/mol. The Labute approximate surface area is 130 Å². The van der Waals surface area contributed by atoms with E-state index < -0.39 is 0 Å². The van der Waals surface area contributed by atoms with Crippen LogP contribution in [0.25, 0.3) is 0 Å². The van der Waals surface area contributed by atoms with E-state index in [1.165, 1.54) is 5.56 Å². The summed E-state index contributed by atoms with van der Waals surface area (Å²) in [4.78, 5) is 6.87. The molecular formula is C13H14BrN3S2. The van der Waals surface area contributed by atoms with Crippen LogP contribution < -0.4 is 10.6 Å². The summed E-state index contributed by atoms with van der Waals surface area (Å²) in [7, 11) is 2.00. The summed E-state index contributed by atoms with van der Waals surface area (Å²) >= 11 is 10.3. The van der Waals surface area contributed by atoms with E-state index in [9.17, 15) is 0 Å². The van der Waals surface area contributed by atoms with Gasteiger partial charge in [0.15, 0.2) is 0 Å². The van der Waals surface area contributed by atoms with Gasteiger partial charge in [-0.25, -0.2) is 4.98 Å². The molecule has 0 saturated heterocycles. The zero-order valence-electron chi connectivity index (χ0n) is 10.7. The maximum atomic E-state index is 5.81. The third kappa shape index (κ3) is 3.32. The molecule has 3 nitrogen and oxygen atoms in total. The Kier molecular flexibility index (Phi) is 4.54. The van der Waals surface area contributed by atoms with Crippen LogP contribution in [0, 0.1) is 6.92 Å². The Balaban J connectivity index is 2.31. The van der Waals surface area contributed by atoms with Crippen molar-refractivity contribution < 1.29 is 0 Å². The first kappa shape index (κ1) is 14.4. The van der Waals surface area contributed by atoms with Crippen molar-refractivity contribution in [3.8, 4) is 0 Å². The number of pyridine rings is 1. The highest BCUT2D eigenvalue weighted by molar-refractivity contribution is 9.11. The summed E-state index contributed by atoms with van der Waals surface area (Å²) in [5.74, 6) is 0.829. The number of halogens is 1. The first-order valence-corrected chi connectivity index (χ1v) is 7.76. The molecule has 0 bridgehead atoms. The molecule has 0 atom stereocenters. The van der Waals surface area contributed by atoms with E-state index in [4.69, 9.17) is 18.0 Å². The van der Waals surface area contributed by atoms with Crippen molar-refractivity contribution in [2.24, 2.45) is 5.73 Å². The van der Waals surface area contributed by atoms with Crippen molar-refractivity contribution >= 4 is 50.3 Å². The molecule has 0 aromatic carbocycles. The van der Waals surface area contributed by atoms with Crippen molar-refractivity contribution in [1.82, 2.24) is 4.98 Å². The molecule has 6 heteroatoms. The van der Waals surface area contributed by atoms with Gasteiger partial charge in [-0.1, -0.05) is 12.2 Å². The van der Waals surface area contributed by atoms with E-state index in [1.54, 1.807) is 17.5 Å². The largest absolute Gasteiger partial charge is 0.389 e. The molecular weight excluding hydrogens is 342 g/mol. The molecule has 2 aromatic rings. The number of aryl methyl sites for hydroxylation is 1. The highest BCUT2D eigenvalue weighted by Gasteiger charge is 2.14. The molecule has 0 aliphatic heterocycles. The van der Waals surface area contributed by atoms with Gasteiger partial charge in [-0.15, -0.1) is 11.3 Å². The second-order valence-electron chi connectivity index (χ2n) is 4.31. The van der Waals surface area contributed by atoms with Crippen molar-refractivity contribution in [2.75, 3.05) is 11.9 Å². The number of aromatic nitrogens is 1. The average molecular weight is 356 g/mol. The van der Waals surface area contributed by atoms with E-state index in [0.717, 1.165) is 27.3 Å². The molecule has 0 amide bonds. The number of anilines is 1. The van der Waals surface area contributed by atoms with Gasteiger partial charge in [0.05, 0.1) is 9.35 Å². The second-order valence-corrected chi connectivity index (χ2v) is 7.04. The lowest BCUT2D eigenvalue weighted by Gasteiger charge is -2.21. The van der Waals surface area contributed by atoms with Crippen LogP contribution >= 0.6 is 39.5 Å². The monoisotopic (exact) mass is 355 g/mol. The van der Waals surface area contributed by atoms with Crippen LogP contribution in [0.2, 0.25) is 0 Å². The number of rotatable bonds is 4. The highest BCUT2D eigenvalue weighted by atomic mass is 79.9. The Morgan fingerprint density at radius 1 is 1.58 bits per heavy atom. The average Bonchev–Trinajstić information content (AvgIpc) is 2.73. The zero-order chi connectivity index (χ0) is 14.0. The van der Waals surface area contributed by atoms with Crippen LogP contribution in [0.15, 0.2) is 27.5 Å². The predicted octanol–water partition coefficient (Wildman–Crippen LogP) is 3.48. The van der Waals surface area contributed by atoms with Gasteiger partial charge in [0.1, 0.15) is 10.8 Å². The van der Waals surface area contributed by atoms with E-state index in [1.807, 2.05) is 20.0 Å². The topological polar surface area (TPSA) is 42.2 Å². The van der Waals surface area contributed by atoms with Gasteiger partial charge in [-0.3, -0.25) is 0 Å². The molecule has 19 heavy (non-hydrogen) atoms. The summed E-state index contributed by atoms with van der Waals surface area (Å²) in [6, 6.07) is 4.03. The molecule has 0 aliphatic rings. The summed E-state index contributed by atoms with van der Waals surface area (Å²) in [6.07, 6.45) is 1.78. The van der Waals surface area contributed by atoms with E-state index in [2.05, 4.69) is 37.3 Å². The van der Waals surface area contributed by atoms with Gasteiger partial charge in [-0.05, 0) is 51.5 Å². The third-order valence-electron chi connectivity index (χ3n) is 2.79. The third-order valence-corrected chi connectivity index (χ3v) is 4.55. The minimum absolute atomic E-state index is 0.388. The van der Waals surface area contributed by atoms with Gasteiger partial charge in [0.2, 0.25) is 0 Å². The number of thiophene rings is 1. The normalized spacial score (nSPS) is 10.5. The molecule has 0 radical (unpaired) electrons. The smallest absolute Gasteiger partial charge is 0.139 e. The first-order valence-electron chi connectivity index (χ1n) is 5.68. The molecule has 0 spiro atoms.